The molecule has 1 saturated heterocycles. The van der Waals surface area contributed by atoms with Crippen LogP contribution in [0.25, 0.3) is 0 Å². The first kappa shape index (κ1) is 18.3. The van der Waals surface area contributed by atoms with Gasteiger partial charge in [0, 0.05) is 13.1 Å². The smallest absolute Gasteiger partial charge is 0.260 e. The SMILES string of the molecule is Cc1ccc(Oc2ccc(OCC(=O)N3C[C@@H](C)O[C@H](C)C3)cc2)cc1. The number of benzene rings is 2. The molecule has 2 aromatic carbocycles. The monoisotopic (exact) mass is 355 g/mol. The molecule has 2 aromatic rings. The molecule has 26 heavy (non-hydrogen) atoms. The number of rotatable bonds is 5. The molecule has 0 unspecified atom stereocenters. The van der Waals surface area contributed by atoms with Crippen molar-refractivity contribution in [2.45, 2.75) is 33.0 Å². The lowest BCUT2D eigenvalue weighted by molar-refractivity contribution is -0.145. The highest BCUT2D eigenvalue weighted by molar-refractivity contribution is 5.78. The van der Waals surface area contributed by atoms with Crippen molar-refractivity contribution < 1.29 is 19.0 Å². The quantitative estimate of drug-likeness (QED) is 0.818. The second kappa shape index (κ2) is 8.23. The van der Waals surface area contributed by atoms with Gasteiger partial charge >= 0.3 is 0 Å². The van der Waals surface area contributed by atoms with Gasteiger partial charge in [0.05, 0.1) is 12.2 Å². The number of carbonyl (C=O) groups is 1. The molecule has 1 fully saturated rings. The van der Waals surface area contributed by atoms with E-state index in [0.29, 0.717) is 18.8 Å². The molecule has 5 nitrogen and oxygen atoms in total. The van der Waals surface area contributed by atoms with Crippen LogP contribution in [0.1, 0.15) is 19.4 Å². The summed E-state index contributed by atoms with van der Waals surface area (Å²) in [5.41, 5.74) is 1.19. The van der Waals surface area contributed by atoms with E-state index in [1.807, 2.05) is 57.2 Å². The van der Waals surface area contributed by atoms with Crippen LogP contribution in [0.2, 0.25) is 0 Å². The van der Waals surface area contributed by atoms with Crippen molar-refractivity contribution in [2.75, 3.05) is 19.7 Å². The topological polar surface area (TPSA) is 48.0 Å². The maximum atomic E-state index is 12.3. The summed E-state index contributed by atoms with van der Waals surface area (Å²) in [5.74, 6) is 2.13. The van der Waals surface area contributed by atoms with Crippen LogP contribution in [-0.2, 0) is 9.53 Å². The summed E-state index contributed by atoms with van der Waals surface area (Å²) in [6.07, 6.45) is 0.113. The number of carbonyl (C=O) groups excluding carboxylic acids is 1. The van der Waals surface area contributed by atoms with Crippen molar-refractivity contribution in [1.82, 2.24) is 4.90 Å². The number of ether oxygens (including phenoxy) is 3. The Hall–Kier alpha value is -2.53. The first-order chi connectivity index (χ1) is 12.5. The molecule has 0 aromatic heterocycles. The Balaban J connectivity index is 1.51. The summed E-state index contributed by atoms with van der Waals surface area (Å²) < 4.78 is 17.1. The molecule has 1 aliphatic rings. The third-order valence-electron chi connectivity index (χ3n) is 4.22. The van der Waals surface area contributed by atoms with Gasteiger partial charge in [0.25, 0.3) is 5.91 Å². The van der Waals surface area contributed by atoms with Gasteiger partial charge in [0.15, 0.2) is 6.61 Å². The third kappa shape index (κ3) is 4.99. The van der Waals surface area contributed by atoms with Gasteiger partial charge in [0.2, 0.25) is 0 Å². The standard InChI is InChI=1S/C21H25NO4/c1-15-4-6-19(7-5-15)26-20-10-8-18(9-11-20)24-14-21(23)22-12-16(2)25-17(3)13-22/h4-11,16-17H,12-14H2,1-3H3/t16-,17-/m1/s1. The molecule has 138 valence electrons. The number of nitrogens with zero attached hydrogens (tertiary/aromatic N) is 1. The van der Waals surface area contributed by atoms with E-state index < -0.39 is 0 Å². The summed E-state index contributed by atoms with van der Waals surface area (Å²) in [4.78, 5) is 14.1. The van der Waals surface area contributed by atoms with Crippen LogP contribution in [0.5, 0.6) is 17.2 Å². The fourth-order valence-electron chi connectivity index (χ4n) is 2.96. The molecule has 1 aliphatic heterocycles. The molecular weight excluding hydrogens is 330 g/mol. The molecule has 0 N–H and O–H groups in total. The highest BCUT2D eigenvalue weighted by Crippen LogP contribution is 2.24. The van der Waals surface area contributed by atoms with Crippen LogP contribution in [0.15, 0.2) is 48.5 Å². The van der Waals surface area contributed by atoms with Gasteiger partial charge in [-0.1, -0.05) is 17.7 Å². The first-order valence-corrected chi connectivity index (χ1v) is 8.90. The van der Waals surface area contributed by atoms with Crippen LogP contribution < -0.4 is 9.47 Å². The van der Waals surface area contributed by atoms with Crippen molar-refractivity contribution >= 4 is 5.91 Å². The number of hydrogen-bond acceptors (Lipinski definition) is 4. The molecule has 0 radical (unpaired) electrons. The number of amides is 1. The Labute approximate surface area is 154 Å². The first-order valence-electron chi connectivity index (χ1n) is 8.90. The Morgan fingerprint density at radius 2 is 1.46 bits per heavy atom. The van der Waals surface area contributed by atoms with E-state index in [1.165, 1.54) is 5.56 Å². The van der Waals surface area contributed by atoms with Crippen LogP contribution >= 0.6 is 0 Å². The summed E-state index contributed by atoms with van der Waals surface area (Å²) in [6.45, 7) is 7.23. The molecule has 0 spiro atoms. The zero-order valence-corrected chi connectivity index (χ0v) is 15.5. The number of morpholine rings is 1. The summed E-state index contributed by atoms with van der Waals surface area (Å²) in [5, 5.41) is 0. The van der Waals surface area contributed by atoms with Gasteiger partial charge in [0.1, 0.15) is 17.2 Å². The van der Waals surface area contributed by atoms with Crippen LogP contribution in [0.4, 0.5) is 0 Å². The lowest BCUT2D eigenvalue weighted by Crippen LogP contribution is -2.49. The van der Waals surface area contributed by atoms with Gasteiger partial charge in [-0.15, -0.1) is 0 Å². The fraction of sp³-hybridized carbons (Fsp3) is 0.381. The minimum atomic E-state index is -0.0213. The predicted octanol–water partition coefficient (Wildman–Crippen LogP) is 3.80. The van der Waals surface area contributed by atoms with Crippen LogP contribution in [0, 0.1) is 6.92 Å². The number of aryl methyl sites for hydroxylation is 1. The van der Waals surface area contributed by atoms with E-state index in [-0.39, 0.29) is 24.7 Å². The van der Waals surface area contributed by atoms with Gasteiger partial charge < -0.3 is 19.1 Å². The van der Waals surface area contributed by atoms with Crippen molar-refractivity contribution in [3.8, 4) is 17.2 Å². The van der Waals surface area contributed by atoms with E-state index >= 15 is 0 Å². The normalized spacial score (nSPS) is 19.9. The second-order valence-electron chi connectivity index (χ2n) is 6.73. The predicted molar refractivity (Wildman–Crippen MR) is 99.8 cm³/mol. The average molecular weight is 355 g/mol. The lowest BCUT2D eigenvalue weighted by Gasteiger charge is -2.35. The van der Waals surface area contributed by atoms with Crippen molar-refractivity contribution in [3.05, 3.63) is 54.1 Å². The largest absolute Gasteiger partial charge is 0.484 e. The minimum absolute atomic E-state index is 0.0213. The van der Waals surface area contributed by atoms with E-state index in [9.17, 15) is 4.79 Å². The molecule has 0 saturated carbocycles. The van der Waals surface area contributed by atoms with Crippen molar-refractivity contribution in [2.24, 2.45) is 0 Å². The Morgan fingerprint density at radius 3 is 2.04 bits per heavy atom. The zero-order valence-electron chi connectivity index (χ0n) is 15.5. The van der Waals surface area contributed by atoms with Crippen molar-refractivity contribution in [3.63, 3.8) is 0 Å². The van der Waals surface area contributed by atoms with Gasteiger partial charge in [-0.2, -0.15) is 0 Å². The van der Waals surface area contributed by atoms with Crippen molar-refractivity contribution in [1.29, 1.82) is 0 Å². The average Bonchev–Trinajstić information content (AvgIpc) is 2.62. The van der Waals surface area contributed by atoms with Crippen LogP contribution in [-0.4, -0.2) is 42.7 Å². The Kier molecular flexibility index (Phi) is 5.78. The maximum absolute atomic E-state index is 12.3. The third-order valence-corrected chi connectivity index (χ3v) is 4.22. The lowest BCUT2D eigenvalue weighted by atomic mass is 10.2. The maximum Gasteiger partial charge on any atom is 0.260 e. The molecule has 5 heteroatoms. The Bertz CT molecular complexity index is 717. The van der Waals surface area contributed by atoms with Gasteiger partial charge in [-0.05, 0) is 57.2 Å². The van der Waals surface area contributed by atoms with E-state index in [4.69, 9.17) is 14.2 Å². The van der Waals surface area contributed by atoms with E-state index in [1.54, 1.807) is 17.0 Å². The van der Waals surface area contributed by atoms with E-state index in [0.717, 1.165) is 11.5 Å². The molecule has 1 heterocycles. The van der Waals surface area contributed by atoms with Gasteiger partial charge in [-0.25, -0.2) is 0 Å². The van der Waals surface area contributed by atoms with E-state index in [2.05, 4.69) is 0 Å². The molecule has 1 amide bonds. The molecule has 0 bridgehead atoms. The Morgan fingerprint density at radius 1 is 0.962 bits per heavy atom. The molecule has 2 atom stereocenters. The molecular formula is C21H25NO4. The summed E-state index contributed by atoms with van der Waals surface area (Å²) >= 11 is 0. The zero-order chi connectivity index (χ0) is 18.5. The second-order valence-corrected chi connectivity index (χ2v) is 6.73. The fourth-order valence-corrected chi connectivity index (χ4v) is 2.96. The number of hydrogen-bond donors (Lipinski definition) is 0. The van der Waals surface area contributed by atoms with Gasteiger partial charge in [-0.3, -0.25) is 4.79 Å². The molecule has 0 aliphatic carbocycles. The summed E-state index contributed by atoms with van der Waals surface area (Å²) in [6, 6.07) is 15.2. The summed E-state index contributed by atoms with van der Waals surface area (Å²) in [7, 11) is 0. The highest BCUT2D eigenvalue weighted by atomic mass is 16.5. The highest BCUT2D eigenvalue weighted by Gasteiger charge is 2.25. The minimum Gasteiger partial charge on any atom is -0.484 e. The molecule has 3 rings (SSSR count). The van der Waals surface area contributed by atoms with Crippen LogP contribution in [0.3, 0.4) is 0 Å².